The predicted molar refractivity (Wildman–Crippen MR) is 112 cm³/mol. The molecule has 6 nitrogen and oxygen atoms in total. The first kappa shape index (κ1) is 23.0. The Kier molecular flexibility index (Phi) is 6.64. The van der Waals surface area contributed by atoms with Gasteiger partial charge >= 0.3 is 16.3 Å². The summed E-state index contributed by atoms with van der Waals surface area (Å²) in [5, 5.41) is 3.84. The number of aryl methyl sites for hydroxylation is 1. The molecule has 0 bridgehead atoms. The summed E-state index contributed by atoms with van der Waals surface area (Å²) in [5.41, 5.74) is 2.79. The van der Waals surface area contributed by atoms with Crippen molar-refractivity contribution in [3.63, 3.8) is 0 Å². The van der Waals surface area contributed by atoms with Gasteiger partial charge in [0.2, 0.25) is 0 Å². The normalized spacial score (nSPS) is 12.0. The van der Waals surface area contributed by atoms with E-state index in [1.807, 2.05) is 0 Å². The highest BCUT2D eigenvalue weighted by molar-refractivity contribution is 7.87. The van der Waals surface area contributed by atoms with Gasteiger partial charge in [-0.1, -0.05) is 30.3 Å². The van der Waals surface area contributed by atoms with Crippen LogP contribution in [0.3, 0.4) is 0 Å². The zero-order valence-corrected chi connectivity index (χ0v) is 17.4. The quantitative estimate of drug-likeness (QED) is 0.331. The van der Waals surface area contributed by atoms with Gasteiger partial charge in [0.05, 0.1) is 11.8 Å². The summed E-state index contributed by atoms with van der Waals surface area (Å²) in [6.45, 7) is 1.77. The van der Waals surface area contributed by atoms with Crippen molar-refractivity contribution in [2.75, 3.05) is 0 Å². The van der Waals surface area contributed by atoms with Gasteiger partial charge in [0.15, 0.2) is 5.75 Å². The van der Waals surface area contributed by atoms with E-state index in [2.05, 4.69) is 10.5 Å². The van der Waals surface area contributed by atoms with Gasteiger partial charge in [-0.25, -0.2) is 5.43 Å². The first-order valence-electron chi connectivity index (χ1n) is 9.18. The Hall–Kier alpha value is -3.66. The zero-order chi connectivity index (χ0) is 23.4. The lowest BCUT2D eigenvalue weighted by molar-refractivity contribution is -0.137. The van der Waals surface area contributed by atoms with Crippen molar-refractivity contribution in [1.82, 2.24) is 5.43 Å². The SMILES string of the molecule is Cc1ccccc1C(=O)N/N=C/c1ccccc1OS(=O)(=O)c1ccc(C(F)(F)F)cc1. The van der Waals surface area contributed by atoms with Crippen LogP contribution in [0.4, 0.5) is 13.2 Å². The van der Waals surface area contributed by atoms with Crippen molar-refractivity contribution in [3.8, 4) is 5.75 Å². The van der Waals surface area contributed by atoms with Crippen LogP contribution in [0.2, 0.25) is 0 Å². The summed E-state index contributed by atoms with van der Waals surface area (Å²) in [5.74, 6) is -0.559. The van der Waals surface area contributed by atoms with Gasteiger partial charge in [-0.3, -0.25) is 4.79 Å². The Morgan fingerprint density at radius 1 is 0.969 bits per heavy atom. The molecule has 0 atom stereocenters. The molecule has 32 heavy (non-hydrogen) atoms. The second-order valence-corrected chi connectivity index (χ2v) is 8.16. The molecule has 1 N–H and O–H groups in total. The van der Waals surface area contributed by atoms with Crippen molar-refractivity contribution < 1.29 is 30.6 Å². The van der Waals surface area contributed by atoms with Crippen LogP contribution in [0.15, 0.2) is 82.8 Å². The van der Waals surface area contributed by atoms with Crippen LogP contribution in [0, 0.1) is 6.92 Å². The van der Waals surface area contributed by atoms with Crippen molar-refractivity contribution >= 4 is 22.2 Å². The van der Waals surface area contributed by atoms with E-state index in [4.69, 9.17) is 4.18 Å². The molecule has 0 fully saturated rings. The Bertz CT molecular complexity index is 1250. The van der Waals surface area contributed by atoms with E-state index < -0.39 is 32.7 Å². The smallest absolute Gasteiger partial charge is 0.378 e. The third-order valence-corrected chi connectivity index (χ3v) is 5.60. The molecule has 0 heterocycles. The lowest BCUT2D eigenvalue weighted by atomic mass is 10.1. The zero-order valence-electron chi connectivity index (χ0n) is 16.6. The number of carbonyl (C=O) groups excluding carboxylic acids is 1. The summed E-state index contributed by atoms with van der Waals surface area (Å²) in [7, 11) is -4.40. The monoisotopic (exact) mass is 462 g/mol. The van der Waals surface area contributed by atoms with Gasteiger partial charge in [0.1, 0.15) is 4.90 Å². The largest absolute Gasteiger partial charge is 0.416 e. The highest BCUT2D eigenvalue weighted by Gasteiger charge is 2.31. The Morgan fingerprint density at radius 2 is 1.59 bits per heavy atom. The maximum atomic E-state index is 12.7. The topological polar surface area (TPSA) is 84.8 Å². The number of nitrogens with zero attached hydrogens (tertiary/aromatic N) is 1. The first-order valence-corrected chi connectivity index (χ1v) is 10.6. The molecule has 0 aliphatic heterocycles. The Morgan fingerprint density at radius 3 is 2.25 bits per heavy atom. The molecule has 3 aromatic rings. The molecule has 3 aromatic carbocycles. The van der Waals surface area contributed by atoms with Crippen LogP contribution in [-0.2, 0) is 16.3 Å². The number of nitrogens with one attached hydrogen (secondary N) is 1. The number of hydrogen-bond donors (Lipinski definition) is 1. The van der Waals surface area contributed by atoms with Gasteiger partial charge < -0.3 is 4.18 Å². The summed E-state index contributed by atoms with van der Waals surface area (Å²) in [6, 6.07) is 15.8. The van der Waals surface area contributed by atoms with Crippen LogP contribution in [0.5, 0.6) is 5.75 Å². The maximum Gasteiger partial charge on any atom is 0.416 e. The minimum absolute atomic E-state index is 0.110. The number of hydrazone groups is 1. The van der Waals surface area contributed by atoms with Crippen LogP contribution in [-0.4, -0.2) is 20.5 Å². The average Bonchev–Trinajstić information content (AvgIpc) is 2.74. The van der Waals surface area contributed by atoms with Gasteiger partial charge in [0, 0.05) is 11.1 Å². The molecule has 3 rings (SSSR count). The van der Waals surface area contributed by atoms with Crippen molar-refractivity contribution in [1.29, 1.82) is 0 Å². The van der Waals surface area contributed by atoms with Gasteiger partial charge in [-0.2, -0.15) is 26.7 Å². The van der Waals surface area contributed by atoms with E-state index in [-0.39, 0.29) is 11.3 Å². The lowest BCUT2D eigenvalue weighted by Gasteiger charge is -2.11. The summed E-state index contributed by atoms with van der Waals surface area (Å²) >= 11 is 0. The highest BCUT2D eigenvalue weighted by atomic mass is 32.2. The van der Waals surface area contributed by atoms with Crippen LogP contribution in [0.25, 0.3) is 0 Å². The van der Waals surface area contributed by atoms with Gasteiger partial charge in [0.25, 0.3) is 5.91 Å². The molecule has 10 heteroatoms. The van der Waals surface area contributed by atoms with E-state index in [1.165, 1.54) is 24.4 Å². The summed E-state index contributed by atoms with van der Waals surface area (Å²) in [4.78, 5) is 11.8. The molecule has 0 aliphatic rings. The minimum atomic E-state index is -4.59. The second-order valence-electron chi connectivity index (χ2n) is 6.61. The molecular formula is C22H17F3N2O4S. The van der Waals surface area contributed by atoms with E-state index in [9.17, 15) is 26.4 Å². The van der Waals surface area contributed by atoms with E-state index >= 15 is 0 Å². The molecule has 1 amide bonds. The van der Waals surface area contributed by atoms with E-state index in [0.717, 1.165) is 17.7 Å². The fourth-order valence-corrected chi connectivity index (χ4v) is 3.64. The molecule has 0 spiro atoms. The van der Waals surface area contributed by atoms with Gasteiger partial charge in [-0.15, -0.1) is 0 Å². The summed E-state index contributed by atoms with van der Waals surface area (Å²) < 4.78 is 68.2. The van der Waals surface area contributed by atoms with Crippen LogP contribution >= 0.6 is 0 Å². The fraction of sp³-hybridized carbons (Fsp3) is 0.0909. The third kappa shape index (κ3) is 5.52. The lowest BCUT2D eigenvalue weighted by Crippen LogP contribution is -2.18. The number of carbonyl (C=O) groups is 1. The fourth-order valence-electron chi connectivity index (χ4n) is 2.69. The standard InChI is InChI=1S/C22H17F3N2O4S/c1-15-6-2-4-8-19(15)21(28)27-26-14-16-7-3-5-9-20(16)31-32(29,30)18-12-10-17(11-13-18)22(23,24)25/h2-14H,1H3,(H,27,28)/b26-14+. The van der Waals surface area contributed by atoms with Crippen LogP contribution in [0.1, 0.15) is 27.0 Å². The molecule has 0 unspecified atom stereocenters. The highest BCUT2D eigenvalue weighted by Crippen LogP contribution is 2.30. The molecular weight excluding hydrogens is 445 g/mol. The van der Waals surface area contributed by atoms with E-state index in [0.29, 0.717) is 17.7 Å². The Balaban J connectivity index is 1.77. The number of halogens is 3. The van der Waals surface area contributed by atoms with Crippen molar-refractivity contribution in [2.24, 2.45) is 5.10 Å². The molecule has 0 aliphatic carbocycles. The Labute approximate surface area is 182 Å². The molecule has 0 aromatic heterocycles. The number of amides is 1. The number of hydrogen-bond acceptors (Lipinski definition) is 5. The van der Waals surface area contributed by atoms with E-state index in [1.54, 1.807) is 37.3 Å². The molecule has 166 valence electrons. The second kappa shape index (κ2) is 9.23. The third-order valence-electron chi connectivity index (χ3n) is 4.35. The number of benzene rings is 3. The van der Waals surface area contributed by atoms with Crippen molar-refractivity contribution in [2.45, 2.75) is 18.0 Å². The number of alkyl halides is 3. The maximum absolute atomic E-state index is 12.7. The van der Waals surface area contributed by atoms with Gasteiger partial charge in [-0.05, 0) is 55.0 Å². The van der Waals surface area contributed by atoms with Crippen LogP contribution < -0.4 is 9.61 Å². The first-order chi connectivity index (χ1) is 15.1. The minimum Gasteiger partial charge on any atom is -0.378 e. The van der Waals surface area contributed by atoms with Crippen molar-refractivity contribution in [3.05, 3.63) is 95.1 Å². The summed E-state index contributed by atoms with van der Waals surface area (Å²) in [6.07, 6.45) is -3.39. The number of rotatable bonds is 6. The average molecular weight is 462 g/mol. The predicted octanol–water partition coefficient (Wildman–Crippen LogP) is 4.55. The number of para-hydroxylation sites is 1. The molecule has 0 saturated carbocycles. The molecule has 0 saturated heterocycles. The molecule has 0 radical (unpaired) electrons.